The van der Waals surface area contributed by atoms with Crippen LogP contribution in [0.3, 0.4) is 0 Å². The molecule has 0 heterocycles. The second-order valence-corrected chi connectivity index (χ2v) is 9.48. The average molecular weight is 410 g/mol. The van der Waals surface area contributed by atoms with Gasteiger partial charge in [-0.1, -0.05) is 41.4 Å². The molecule has 0 aromatic heterocycles. The molecule has 0 saturated heterocycles. The molecule has 2 aromatic carbocycles. The van der Waals surface area contributed by atoms with E-state index in [2.05, 4.69) is 4.72 Å². The van der Waals surface area contributed by atoms with E-state index in [1.165, 1.54) is 12.1 Å². The SMILES string of the molecule is Cc1ccc(S(=O)(=O)NC(CC(=O)OC(C)(C)C)c2ccc(Cl)cc2)cc1. The Labute approximate surface area is 165 Å². The van der Waals surface area contributed by atoms with E-state index < -0.39 is 27.6 Å². The molecule has 2 rings (SSSR count). The Morgan fingerprint density at radius 3 is 2.15 bits per heavy atom. The molecule has 0 bridgehead atoms. The normalized spacial score (nSPS) is 13.2. The van der Waals surface area contributed by atoms with Gasteiger partial charge < -0.3 is 4.74 Å². The molecular formula is C20H24ClNO4S. The Kier molecular flexibility index (Phi) is 6.68. The molecule has 0 saturated carbocycles. The van der Waals surface area contributed by atoms with Gasteiger partial charge in [-0.3, -0.25) is 4.79 Å². The number of sulfonamides is 1. The molecule has 27 heavy (non-hydrogen) atoms. The van der Waals surface area contributed by atoms with E-state index in [0.29, 0.717) is 10.6 Å². The van der Waals surface area contributed by atoms with E-state index in [9.17, 15) is 13.2 Å². The van der Waals surface area contributed by atoms with Gasteiger partial charge in [-0.05, 0) is 57.5 Å². The Balaban J connectivity index is 2.30. The molecule has 0 radical (unpaired) electrons. The van der Waals surface area contributed by atoms with Gasteiger partial charge in [0, 0.05) is 5.02 Å². The number of hydrogen-bond acceptors (Lipinski definition) is 4. The minimum Gasteiger partial charge on any atom is -0.460 e. The highest BCUT2D eigenvalue weighted by Gasteiger charge is 2.26. The van der Waals surface area contributed by atoms with Gasteiger partial charge in [0.25, 0.3) is 0 Å². The van der Waals surface area contributed by atoms with Crippen molar-refractivity contribution >= 4 is 27.6 Å². The van der Waals surface area contributed by atoms with Crippen LogP contribution >= 0.6 is 11.6 Å². The number of carbonyl (C=O) groups excluding carboxylic acids is 1. The largest absolute Gasteiger partial charge is 0.460 e. The van der Waals surface area contributed by atoms with Crippen molar-refractivity contribution in [2.75, 3.05) is 0 Å². The van der Waals surface area contributed by atoms with Gasteiger partial charge in [0.15, 0.2) is 0 Å². The van der Waals surface area contributed by atoms with E-state index in [1.54, 1.807) is 57.2 Å². The summed E-state index contributed by atoms with van der Waals surface area (Å²) in [5.74, 6) is -0.492. The number of halogens is 1. The highest BCUT2D eigenvalue weighted by molar-refractivity contribution is 7.89. The van der Waals surface area contributed by atoms with Crippen molar-refractivity contribution < 1.29 is 17.9 Å². The second-order valence-electron chi connectivity index (χ2n) is 7.33. The minimum atomic E-state index is -3.81. The summed E-state index contributed by atoms with van der Waals surface area (Å²) in [6, 6.07) is 12.4. The first-order valence-electron chi connectivity index (χ1n) is 8.52. The zero-order valence-corrected chi connectivity index (χ0v) is 17.4. The van der Waals surface area contributed by atoms with Gasteiger partial charge in [0.05, 0.1) is 17.4 Å². The fourth-order valence-corrected chi connectivity index (χ4v) is 3.80. The van der Waals surface area contributed by atoms with Crippen LogP contribution in [0.25, 0.3) is 0 Å². The molecule has 7 heteroatoms. The summed E-state index contributed by atoms with van der Waals surface area (Å²) in [5.41, 5.74) is 0.926. The Morgan fingerprint density at radius 2 is 1.63 bits per heavy atom. The van der Waals surface area contributed by atoms with Crippen molar-refractivity contribution in [3.05, 3.63) is 64.7 Å². The van der Waals surface area contributed by atoms with E-state index in [-0.39, 0.29) is 11.3 Å². The summed E-state index contributed by atoms with van der Waals surface area (Å²) in [7, 11) is -3.81. The zero-order chi connectivity index (χ0) is 20.2. The molecule has 0 aliphatic rings. The van der Waals surface area contributed by atoms with Crippen molar-refractivity contribution in [1.29, 1.82) is 0 Å². The summed E-state index contributed by atoms with van der Waals surface area (Å²) in [6.07, 6.45) is -0.135. The zero-order valence-electron chi connectivity index (χ0n) is 15.8. The van der Waals surface area contributed by atoms with E-state index in [1.807, 2.05) is 6.92 Å². The van der Waals surface area contributed by atoms with Gasteiger partial charge in [0.1, 0.15) is 5.60 Å². The van der Waals surface area contributed by atoms with Crippen molar-refractivity contribution in [1.82, 2.24) is 4.72 Å². The second kappa shape index (κ2) is 8.42. The summed E-state index contributed by atoms with van der Waals surface area (Å²) in [6.45, 7) is 7.17. The molecule has 1 N–H and O–H groups in total. The van der Waals surface area contributed by atoms with E-state index >= 15 is 0 Å². The van der Waals surface area contributed by atoms with Crippen molar-refractivity contribution in [3.8, 4) is 0 Å². The number of ether oxygens (including phenoxy) is 1. The van der Waals surface area contributed by atoms with Crippen molar-refractivity contribution in [3.63, 3.8) is 0 Å². The number of hydrogen-bond donors (Lipinski definition) is 1. The Hall–Kier alpha value is -1.89. The molecule has 0 amide bonds. The monoisotopic (exact) mass is 409 g/mol. The highest BCUT2D eigenvalue weighted by Crippen LogP contribution is 2.24. The van der Waals surface area contributed by atoms with Gasteiger partial charge in [-0.15, -0.1) is 0 Å². The van der Waals surface area contributed by atoms with Crippen LogP contribution < -0.4 is 4.72 Å². The number of carbonyl (C=O) groups is 1. The van der Waals surface area contributed by atoms with Crippen LogP contribution in [0.1, 0.15) is 44.4 Å². The van der Waals surface area contributed by atoms with Crippen LogP contribution in [0.2, 0.25) is 5.02 Å². The molecule has 1 unspecified atom stereocenters. The smallest absolute Gasteiger partial charge is 0.308 e. The third-order valence-electron chi connectivity index (χ3n) is 3.69. The molecule has 0 aliphatic carbocycles. The van der Waals surface area contributed by atoms with Crippen LogP contribution in [0.4, 0.5) is 0 Å². The van der Waals surface area contributed by atoms with Crippen LogP contribution in [0.15, 0.2) is 53.4 Å². The van der Waals surface area contributed by atoms with Gasteiger partial charge in [0.2, 0.25) is 10.0 Å². The van der Waals surface area contributed by atoms with Crippen LogP contribution in [-0.4, -0.2) is 20.0 Å². The molecule has 1 atom stereocenters. The molecule has 0 spiro atoms. The quantitative estimate of drug-likeness (QED) is 0.717. The first-order chi connectivity index (χ1) is 12.5. The standard InChI is InChI=1S/C20H24ClNO4S/c1-14-5-11-17(12-6-14)27(24,25)22-18(13-19(23)26-20(2,3)4)15-7-9-16(21)10-8-15/h5-12,18,22H,13H2,1-4H3. The highest BCUT2D eigenvalue weighted by atomic mass is 35.5. The molecule has 0 aliphatic heterocycles. The molecule has 146 valence electrons. The first kappa shape index (κ1) is 21.4. The predicted molar refractivity (Wildman–Crippen MR) is 106 cm³/mol. The lowest BCUT2D eigenvalue weighted by atomic mass is 10.0. The molecule has 5 nitrogen and oxygen atoms in total. The summed E-state index contributed by atoms with van der Waals surface area (Å²) < 4.78 is 33.5. The third-order valence-corrected chi connectivity index (χ3v) is 5.43. The number of nitrogens with one attached hydrogen (secondary N) is 1. The molecular weight excluding hydrogens is 386 g/mol. The first-order valence-corrected chi connectivity index (χ1v) is 10.4. The lowest BCUT2D eigenvalue weighted by Gasteiger charge is -2.23. The number of rotatable bonds is 6. The summed E-state index contributed by atoms with van der Waals surface area (Å²) in [5, 5.41) is 0.524. The fraction of sp³-hybridized carbons (Fsp3) is 0.350. The maximum atomic E-state index is 12.8. The van der Waals surface area contributed by atoms with Crippen LogP contribution in [0, 0.1) is 6.92 Å². The maximum Gasteiger partial charge on any atom is 0.308 e. The lowest BCUT2D eigenvalue weighted by molar-refractivity contribution is -0.155. The van der Waals surface area contributed by atoms with Gasteiger partial charge in [-0.2, -0.15) is 0 Å². The van der Waals surface area contributed by atoms with E-state index in [0.717, 1.165) is 5.56 Å². The molecule has 2 aromatic rings. The number of aryl methyl sites for hydroxylation is 1. The molecule has 0 fully saturated rings. The summed E-state index contributed by atoms with van der Waals surface area (Å²) >= 11 is 5.92. The van der Waals surface area contributed by atoms with Gasteiger partial charge >= 0.3 is 5.97 Å². The van der Waals surface area contributed by atoms with Crippen molar-refractivity contribution in [2.24, 2.45) is 0 Å². The van der Waals surface area contributed by atoms with E-state index in [4.69, 9.17) is 16.3 Å². The third kappa shape index (κ3) is 6.65. The lowest BCUT2D eigenvalue weighted by Crippen LogP contribution is -2.32. The van der Waals surface area contributed by atoms with Crippen LogP contribution in [-0.2, 0) is 19.6 Å². The Morgan fingerprint density at radius 1 is 1.07 bits per heavy atom. The predicted octanol–water partition coefficient (Wildman–Crippen LogP) is 4.40. The number of esters is 1. The average Bonchev–Trinajstić information content (AvgIpc) is 2.53. The Bertz CT molecular complexity index is 885. The van der Waals surface area contributed by atoms with Crippen LogP contribution in [0.5, 0.6) is 0 Å². The summed E-state index contributed by atoms with van der Waals surface area (Å²) in [4.78, 5) is 12.4. The number of benzene rings is 2. The topological polar surface area (TPSA) is 72.5 Å². The fourth-order valence-electron chi connectivity index (χ4n) is 2.45. The van der Waals surface area contributed by atoms with Gasteiger partial charge in [-0.25, -0.2) is 13.1 Å². The van der Waals surface area contributed by atoms with Crippen molar-refractivity contribution in [2.45, 2.75) is 50.7 Å². The minimum absolute atomic E-state index is 0.135. The maximum absolute atomic E-state index is 12.8.